The van der Waals surface area contributed by atoms with Crippen molar-refractivity contribution in [1.82, 2.24) is 10.2 Å². The number of rotatable bonds is 9. The Hall–Kier alpha value is -2.36. The average molecular weight is 490 g/mol. The van der Waals surface area contributed by atoms with Crippen LogP contribution in [-0.2, 0) is 21.2 Å². The molecular formula is C24H31N3O4S2. The lowest BCUT2D eigenvalue weighted by molar-refractivity contribution is -0.129. The average Bonchev–Trinajstić information content (AvgIpc) is 2.82. The third-order valence-electron chi connectivity index (χ3n) is 5.95. The minimum Gasteiger partial charge on any atom is -0.352 e. The summed E-state index contributed by atoms with van der Waals surface area (Å²) < 4.78 is 22.7. The van der Waals surface area contributed by atoms with Crippen molar-refractivity contribution in [2.24, 2.45) is 5.14 Å². The molecule has 3 N–H and O–H groups in total. The summed E-state index contributed by atoms with van der Waals surface area (Å²) in [5.74, 6) is 0.186. The lowest BCUT2D eigenvalue weighted by Gasteiger charge is -2.31. The van der Waals surface area contributed by atoms with Crippen LogP contribution in [0.2, 0.25) is 0 Å². The second-order valence-electron chi connectivity index (χ2n) is 8.28. The quantitative estimate of drug-likeness (QED) is 0.526. The van der Waals surface area contributed by atoms with Crippen LogP contribution in [0.3, 0.4) is 0 Å². The minimum atomic E-state index is -3.72. The molecule has 0 atom stereocenters. The second-order valence-corrected chi connectivity index (χ2v) is 10.9. The number of thioether (sulfide) groups is 1. The monoisotopic (exact) mass is 489 g/mol. The van der Waals surface area contributed by atoms with Crippen molar-refractivity contribution in [3.05, 3.63) is 59.7 Å². The van der Waals surface area contributed by atoms with Crippen LogP contribution in [0.25, 0.3) is 0 Å². The van der Waals surface area contributed by atoms with Gasteiger partial charge in [-0.15, -0.1) is 11.8 Å². The van der Waals surface area contributed by atoms with E-state index in [0.717, 1.165) is 23.3 Å². The molecule has 0 aliphatic heterocycles. The summed E-state index contributed by atoms with van der Waals surface area (Å²) >= 11 is 1.39. The number of carbonyl (C=O) groups is 2. The van der Waals surface area contributed by atoms with Gasteiger partial charge in [0.2, 0.25) is 15.9 Å². The van der Waals surface area contributed by atoms with Crippen molar-refractivity contribution in [3.8, 4) is 0 Å². The number of benzene rings is 2. The number of nitrogens with two attached hydrogens (primary N) is 1. The highest BCUT2D eigenvalue weighted by Gasteiger charge is 2.22. The van der Waals surface area contributed by atoms with Gasteiger partial charge in [-0.05, 0) is 49.1 Å². The van der Waals surface area contributed by atoms with Crippen LogP contribution < -0.4 is 10.5 Å². The number of hydrogen-bond acceptors (Lipinski definition) is 5. The molecule has 3 rings (SSSR count). The fourth-order valence-electron chi connectivity index (χ4n) is 3.95. The van der Waals surface area contributed by atoms with E-state index in [-0.39, 0.29) is 16.7 Å². The van der Waals surface area contributed by atoms with Gasteiger partial charge in [0.05, 0.1) is 16.2 Å². The van der Waals surface area contributed by atoms with Gasteiger partial charge in [0.25, 0.3) is 5.91 Å². The zero-order valence-corrected chi connectivity index (χ0v) is 20.5. The number of carbonyl (C=O) groups excluding carboxylic acids is 2. The molecule has 1 aliphatic rings. The summed E-state index contributed by atoms with van der Waals surface area (Å²) in [6, 6.07) is 13.9. The molecule has 0 unspecified atom stereocenters. The Morgan fingerprint density at radius 1 is 1.06 bits per heavy atom. The summed E-state index contributed by atoms with van der Waals surface area (Å²) in [5, 5.41) is 8.02. The highest BCUT2D eigenvalue weighted by atomic mass is 32.2. The van der Waals surface area contributed by atoms with Crippen LogP contribution in [0.4, 0.5) is 0 Å². The zero-order valence-electron chi connectivity index (χ0n) is 18.8. The van der Waals surface area contributed by atoms with E-state index in [0.29, 0.717) is 30.3 Å². The van der Waals surface area contributed by atoms with E-state index >= 15 is 0 Å². The first-order valence-corrected chi connectivity index (χ1v) is 13.7. The normalized spacial score (nSPS) is 14.6. The maximum Gasteiger partial charge on any atom is 0.252 e. The van der Waals surface area contributed by atoms with Crippen LogP contribution in [0.5, 0.6) is 0 Å². The number of amides is 2. The standard InChI is InChI=1S/C24H31N3O4S2/c1-27(19-7-3-2-4-8-19)23(28)17-32-22-10-6-5-9-21(22)24(29)26-16-15-18-11-13-20(14-12-18)33(25,30)31/h5-6,9-14,19H,2-4,7-8,15-17H2,1H3,(H,26,29)(H2,25,30,31). The molecule has 2 amide bonds. The van der Waals surface area contributed by atoms with E-state index in [1.165, 1.54) is 43.2 Å². The number of sulfonamides is 1. The smallest absolute Gasteiger partial charge is 0.252 e. The molecule has 2 aromatic carbocycles. The molecule has 0 spiro atoms. The van der Waals surface area contributed by atoms with Crippen molar-refractivity contribution >= 4 is 33.6 Å². The number of nitrogens with one attached hydrogen (secondary N) is 1. The Labute approximate surface area is 200 Å². The molecule has 9 heteroatoms. The third kappa shape index (κ3) is 7.31. The maximum atomic E-state index is 12.8. The third-order valence-corrected chi connectivity index (χ3v) is 7.94. The molecule has 7 nitrogen and oxygen atoms in total. The lowest BCUT2D eigenvalue weighted by Crippen LogP contribution is -2.39. The molecule has 0 aromatic heterocycles. The molecule has 0 bridgehead atoms. The highest BCUT2D eigenvalue weighted by molar-refractivity contribution is 8.00. The predicted octanol–water partition coefficient (Wildman–Crippen LogP) is 3.19. The Kier molecular flexibility index (Phi) is 8.94. The minimum absolute atomic E-state index is 0.0601. The van der Waals surface area contributed by atoms with E-state index < -0.39 is 10.0 Å². The van der Waals surface area contributed by atoms with Crippen LogP contribution >= 0.6 is 11.8 Å². The molecular weight excluding hydrogens is 458 g/mol. The van der Waals surface area contributed by atoms with Gasteiger partial charge < -0.3 is 10.2 Å². The van der Waals surface area contributed by atoms with Crippen LogP contribution in [0.1, 0.15) is 48.0 Å². The number of primary sulfonamides is 1. The van der Waals surface area contributed by atoms with Crippen molar-refractivity contribution in [2.75, 3.05) is 19.3 Å². The lowest BCUT2D eigenvalue weighted by atomic mass is 9.94. The zero-order chi connectivity index (χ0) is 23.8. The van der Waals surface area contributed by atoms with Crippen LogP contribution in [0.15, 0.2) is 58.3 Å². The van der Waals surface area contributed by atoms with Gasteiger partial charge in [0.15, 0.2) is 0 Å². The van der Waals surface area contributed by atoms with Gasteiger partial charge in [0, 0.05) is 24.5 Å². The first kappa shape index (κ1) is 25.3. The van der Waals surface area contributed by atoms with Crippen LogP contribution in [0, 0.1) is 0 Å². The van der Waals surface area contributed by atoms with E-state index in [9.17, 15) is 18.0 Å². The fourth-order valence-corrected chi connectivity index (χ4v) is 5.44. The SMILES string of the molecule is CN(C(=O)CSc1ccccc1C(=O)NCCc1ccc(S(N)(=O)=O)cc1)C1CCCCC1. The van der Waals surface area contributed by atoms with Gasteiger partial charge in [-0.1, -0.05) is 43.5 Å². The van der Waals surface area contributed by atoms with Crippen molar-refractivity contribution in [1.29, 1.82) is 0 Å². The fraction of sp³-hybridized carbons (Fsp3) is 0.417. The van der Waals surface area contributed by atoms with Gasteiger partial charge in [-0.25, -0.2) is 13.6 Å². The Balaban J connectivity index is 1.52. The van der Waals surface area contributed by atoms with Gasteiger partial charge in [-0.2, -0.15) is 0 Å². The largest absolute Gasteiger partial charge is 0.352 e. The molecule has 178 valence electrons. The van der Waals surface area contributed by atoms with E-state index in [1.807, 2.05) is 24.1 Å². The summed E-state index contributed by atoms with van der Waals surface area (Å²) in [7, 11) is -1.84. The summed E-state index contributed by atoms with van der Waals surface area (Å²) in [6.45, 7) is 0.399. The molecule has 1 aliphatic carbocycles. The number of hydrogen-bond donors (Lipinski definition) is 2. The first-order chi connectivity index (χ1) is 15.8. The summed E-state index contributed by atoms with van der Waals surface area (Å²) in [6.07, 6.45) is 6.28. The maximum absolute atomic E-state index is 12.8. The summed E-state index contributed by atoms with van der Waals surface area (Å²) in [4.78, 5) is 28.1. The van der Waals surface area contributed by atoms with E-state index in [2.05, 4.69) is 5.32 Å². The van der Waals surface area contributed by atoms with E-state index in [4.69, 9.17) is 5.14 Å². The summed E-state index contributed by atoms with van der Waals surface area (Å²) in [5.41, 5.74) is 1.43. The highest BCUT2D eigenvalue weighted by Crippen LogP contribution is 2.25. The van der Waals surface area contributed by atoms with Crippen molar-refractivity contribution in [3.63, 3.8) is 0 Å². The Bertz CT molecular complexity index is 1070. The van der Waals surface area contributed by atoms with Gasteiger partial charge in [-0.3, -0.25) is 9.59 Å². The molecule has 0 heterocycles. The topological polar surface area (TPSA) is 110 Å². The number of nitrogens with zero attached hydrogens (tertiary/aromatic N) is 1. The molecule has 0 radical (unpaired) electrons. The van der Waals surface area contributed by atoms with Gasteiger partial charge >= 0.3 is 0 Å². The molecule has 1 saturated carbocycles. The van der Waals surface area contributed by atoms with Gasteiger partial charge in [0.1, 0.15) is 0 Å². The van der Waals surface area contributed by atoms with Crippen molar-refractivity contribution in [2.45, 2.75) is 54.4 Å². The molecule has 2 aromatic rings. The van der Waals surface area contributed by atoms with Crippen LogP contribution in [-0.4, -0.2) is 50.5 Å². The van der Waals surface area contributed by atoms with Crippen molar-refractivity contribution < 1.29 is 18.0 Å². The molecule has 1 fully saturated rings. The Morgan fingerprint density at radius 3 is 2.39 bits per heavy atom. The molecule has 33 heavy (non-hydrogen) atoms. The second kappa shape index (κ2) is 11.7. The predicted molar refractivity (Wildman–Crippen MR) is 131 cm³/mol. The first-order valence-electron chi connectivity index (χ1n) is 11.1. The Morgan fingerprint density at radius 2 is 1.73 bits per heavy atom. The van der Waals surface area contributed by atoms with E-state index in [1.54, 1.807) is 24.3 Å². The molecule has 0 saturated heterocycles.